The Balaban J connectivity index is 1.79. The highest BCUT2D eigenvalue weighted by Crippen LogP contribution is 2.49. The molecule has 5 heteroatoms. The molecule has 18 heavy (non-hydrogen) atoms. The van der Waals surface area contributed by atoms with E-state index in [1.807, 2.05) is 24.3 Å². The smallest absolute Gasteiger partial charge is 0.139 e. The van der Waals surface area contributed by atoms with Crippen LogP contribution in [0, 0.1) is 5.41 Å². The quantitative estimate of drug-likeness (QED) is 0.367. The maximum absolute atomic E-state index is 8.58. The molecule has 0 radical (unpaired) electrons. The van der Waals surface area contributed by atoms with Gasteiger partial charge in [-0.1, -0.05) is 33.2 Å². The van der Waals surface area contributed by atoms with E-state index in [-0.39, 0.29) is 5.41 Å². The van der Waals surface area contributed by atoms with E-state index < -0.39 is 0 Å². The Bertz CT molecular complexity index is 444. The van der Waals surface area contributed by atoms with Crippen molar-refractivity contribution in [3.05, 3.63) is 34.3 Å². The number of oxime groups is 1. The lowest BCUT2D eigenvalue weighted by Crippen LogP contribution is -2.21. The van der Waals surface area contributed by atoms with Crippen molar-refractivity contribution in [2.24, 2.45) is 16.3 Å². The first-order valence-corrected chi connectivity index (χ1v) is 6.71. The largest absolute Gasteiger partial charge is 0.409 e. The number of ether oxygens (including phenoxy) is 1. The van der Waals surface area contributed by atoms with E-state index >= 15 is 0 Å². The fraction of sp³-hybridized carbons (Fsp3) is 0.462. The van der Waals surface area contributed by atoms with Gasteiger partial charge in [0.2, 0.25) is 0 Å². The van der Waals surface area contributed by atoms with E-state index in [2.05, 4.69) is 21.1 Å². The number of halogens is 1. The molecule has 1 aromatic rings. The maximum Gasteiger partial charge on any atom is 0.139 e. The van der Waals surface area contributed by atoms with Gasteiger partial charge in [-0.05, 0) is 30.5 Å². The highest BCUT2D eigenvalue weighted by molar-refractivity contribution is 9.10. The predicted octanol–water partition coefficient (Wildman–Crippen LogP) is 2.88. The summed E-state index contributed by atoms with van der Waals surface area (Å²) < 4.78 is 6.79. The number of benzene rings is 1. The summed E-state index contributed by atoms with van der Waals surface area (Å²) in [5.74, 6) is 0.290. The summed E-state index contributed by atoms with van der Waals surface area (Å²) in [4.78, 5) is 0. The summed E-state index contributed by atoms with van der Waals surface area (Å²) in [5, 5.41) is 11.6. The number of nitrogens with two attached hydrogens (primary N) is 1. The van der Waals surface area contributed by atoms with Gasteiger partial charge in [-0.2, -0.15) is 0 Å². The fourth-order valence-electron chi connectivity index (χ4n) is 1.98. The van der Waals surface area contributed by atoms with Gasteiger partial charge < -0.3 is 15.7 Å². The van der Waals surface area contributed by atoms with E-state index in [4.69, 9.17) is 15.7 Å². The molecule has 0 bridgehead atoms. The molecule has 0 atom stereocenters. The van der Waals surface area contributed by atoms with Crippen LogP contribution in [-0.4, -0.2) is 17.6 Å². The average Bonchev–Trinajstić information content (AvgIpc) is 3.09. The van der Waals surface area contributed by atoms with Crippen LogP contribution in [0.3, 0.4) is 0 Å². The van der Waals surface area contributed by atoms with Gasteiger partial charge in [0, 0.05) is 16.3 Å². The number of hydrogen-bond acceptors (Lipinski definition) is 3. The Hall–Kier alpha value is -1.07. The van der Waals surface area contributed by atoms with Crippen molar-refractivity contribution in [1.29, 1.82) is 0 Å². The third kappa shape index (κ3) is 3.71. The fourth-order valence-corrected chi connectivity index (χ4v) is 2.43. The molecule has 1 aliphatic carbocycles. The Morgan fingerprint density at radius 3 is 2.89 bits per heavy atom. The molecule has 0 aliphatic heterocycles. The van der Waals surface area contributed by atoms with Crippen molar-refractivity contribution in [1.82, 2.24) is 0 Å². The van der Waals surface area contributed by atoms with Gasteiger partial charge in [0.1, 0.15) is 5.84 Å². The molecule has 1 aliphatic rings. The molecule has 0 aromatic heterocycles. The number of rotatable bonds is 6. The molecule has 0 saturated heterocycles. The van der Waals surface area contributed by atoms with Crippen molar-refractivity contribution in [3.8, 4) is 0 Å². The van der Waals surface area contributed by atoms with Gasteiger partial charge in [0.15, 0.2) is 0 Å². The molecule has 4 nitrogen and oxygen atoms in total. The molecule has 2 rings (SSSR count). The molecule has 98 valence electrons. The Morgan fingerprint density at radius 2 is 2.28 bits per heavy atom. The number of amidine groups is 1. The summed E-state index contributed by atoms with van der Waals surface area (Å²) in [6.07, 6.45) is 2.78. The highest BCUT2D eigenvalue weighted by atomic mass is 79.9. The summed E-state index contributed by atoms with van der Waals surface area (Å²) in [6, 6.07) is 8.06. The van der Waals surface area contributed by atoms with Crippen LogP contribution in [0.25, 0.3) is 0 Å². The molecular weight excluding hydrogens is 296 g/mol. The van der Waals surface area contributed by atoms with Gasteiger partial charge >= 0.3 is 0 Å². The van der Waals surface area contributed by atoms with Crippen LogP contribution in [0.5, 0.6) is 0 Å². The lowest BCUT2D eigenvalue weighted by atomic mass is 10.0. The minimum atomic E-state index is 0.0995. The highest BCUT2D eigenvalue weighted by Gasteiger charge is 2.43. The predicted molar refractivity (Wildman–Crippen MR) is 73.5 cm³/mol. The van der Waals surface area contributed by atoms with Crippen molar-refractivity contribution in [3.63, 3.8) is 0 Å². The molecule has 1 aromatic carbocycles. The molecular formula is C13H17BrN2O2. The summed E-state index contributed by atoms with van der Waals surface area (Å²) >= 11 is 3.43. The third-order valence-corrected chi connectivity index (χ3v) is 3.70. The Morgan fingerprint density at radius 1 is 1.50 bits per heavy atom. The topological polar surface area (TPSA) is 67.8 Å². The van der Waals surface area contributed by atoms with Crippen LogP contribution in [0.1, 0.15) is 24.8 Å². The Kier molecular flexibility index (Phi) is 4.24. The third-order valence-electron chi connectivity index (χ3n) is 3.21. The minimum absolute atomic E-state index is 0.0995. The first-order valence-electron chi connectivity index (χ1n) is 5.92. The van der Waals surface area contributed by atoms with Crippen LogP contribution in [0.4, 0.5) is 0 Å². The monoisotopic (exact) mass is 312 g/mol. The molecule has 1 saturated carbocycles. The van der Waals surface area contributed by atoms with Crippen molar-refractivity contribution in [2.75, 3.05) is 6.61 Å². The van der Waals surface area contributed by atoms with Crippen molar-refractivity contribution >= 4 is 21.8 Å². The molecule has 0 heterocycles. The van der Waals surface area contributed by atoms with E-state index in [9.17, 15) is 0 Å². The van der Waals surface area contributed by atoms with E-state index in [0.29, 0.717) is 25.5 Å². The van der Waals surface area contributed by atoms with Gasteiger partial charge in [0.05, 0.1) is 13.2 Å². The van der Waals surface area contributed by atoms with Gasteiger partial charge in [-0.3, -0.25) is 0 Å². The zero-order chi connectivity index (χ0) is 13.0. The zero-order valence-electron chi connectivity index (χ0n) is 10.1. The standard InChI is InChI=1S/C13H17BrN2O2/c14-11-3-1-2-10(6-11)8-18-9-13(4-5-13)7-12(15)16-17/h1-3,6,17H,4-5,7-9H2,(H2,15,16). The van der Waals surface area contributed by atoms with Crippen LogP contribution >= 0.6 is 15.9 Å². The van der Waals surface area contributed by atoms with Crippen LogP contribution in [0.2, 0.25) is 0 Å². The second-order valence-corrected chi connectivity index (χ2v) is 5.81. The van der Waals surface area contributed by atoms with E-state index in [1.54, 1.807) is 0 Å². The first kappa shape index (κ1) is 13.4. The second-order valence-electron chi connectivity index (χ2n) is 4.89. The normalized spacial score (nSPS) is 17.7. The molecule has 1 fully saturated rings. The summed E-state index contributed by atoms with van der Waals surface area (Å²) in [7, 11) is 0. The molecule has 0 unspecified atom stereocenters. The van der Waals surface area contributed by atoms with E-state index in [0.717, 1.165) is 22.9 Å². The van der Waals surface area contributed by atoms with Crippen LogP contribution in [0.15, 0.2) is 33.9 Å². The van der Waals surface area contributed by atoms with Gasteiger partial charge in [-0.25, -0.2) is 0 Å². The van der Waals surface area contributed by atoms with Crippen molar-refractivity contribution < 1.29 is 9.94 Å². The second kappa shape index (κ2) is 5.71. The lowest BCUT2D eigenvalue weighted by Gasteiger charge is -2.14. The summed E-state index contributed by atoms with van der Waals surface area (Å²) in [6.45, 7) is 1.26. The van der Waals surface area contributed by atoms with Gasteiger partial charge in [0.25, 0.3) is 0 Å². The molecule has 0 spiro atoms. The van der Waals surface area contributed by atoms with Gasteiger partial charge in [-0.15, -0.1) is 0 Å². The SMILES string of the molecule is N/C(CC1(COCc2cccc(Br)c2)CC1)=N/O. The molecule has 0 amide bonds. The van der Waals surface area contributed by atoms with Crippen LogP contribution in [-0.2, 0) is 11.3 Å². The first-order chi connectivity index (χ1) is 8.63. The van der Waals surface area contributed by atoms with E-state index in [1.165, 1.54) is 0 Å². The lowest BCUT2D eigenvalue weighted by molar-refractivity contribution is 0.0800. The maximum atomic E-state index is 8.58. The Labute approximate surface area is 115 Å². The average molecular weight is 313 g/mol. The zero-order valence-corrected chi connectivity index (χ0v) is 11.7. The number of nitrogens with zero attached hydrogens (tertiary/aromatic N) is 1. The summed E-state index contributed by atoms with van der Waals surface area (Å²) in [5.41, 5.74) is 6.78. The van der Waals surface area contributed by atoms with Crippen molar-refractivity contribution in [2.45, 2.75) is 25.9 Å². The minimum Gasteiger partial charge on any atom is -0.409 e. The molecule has 3 N–H and O–H groups in total. The van der Waals surface area contributed by atoms with Crippen LogP contribution < -0.4 is 5.73 Å². The number of hydrogen-bond donors (Lipinski definition) is 2.